The summed E-state index contributed by atoms with van der Waals surface area (Å²) in [5.41, 5.74) is 5.50. The Labute approximate surface area is 213 Å². The second-order valence-electron chi connectivity index (χ2n) is 8.23. The normalized spacial score (nSPS) is 14.6. The first-order valence-electron chi connectivity index (χ1n) is 11.4. The molecule has 8 nitrogen and oxygen atoms in total. The van der Waals surface area contributed by atoms with Gasteiger partial charge < -0.3 is 14.9 Å². The standard InChI is InChI=1S/C24H33N3O5.2ClH/c1-2-3-4-5-15-26(20-9-12-22-18(17-20)6-13-23(28)24(22)29)25-14-16-32-21-10-7-19(8-11-21)27(30)31;;/h6-8,10-11,13,20,25,28-29H,2-5,9,12,14-17H2,1H3;2*1H. The lowest BCUT2D eigenvalue weighted by molar-refractivity contribution is -0.384. The van der Waals surface area contributed by atoms with Crippen molar-refractivity contribution in [3.63, 3.8) is 0 Å². The maximum absolute atomic E-state index is 10.8. The van der Waals surface area contributed by atoms with Gasteiger partial charge in [0.05, 0.1) is 4.92 Å². The molecule has 2 aromatic rings. The molecule has 3 rings (SSSR count). The van der Waals surface area contributed by atoms with E-state index in [1.807, 2.05) is 6.07 Å². The van der Waals surface area contributed by atoms with E-state index in [2.05, 4.69) is 17.4 Å². The highest BCUT2D eigenvalue weighted by molar-refractivity contribution is 5.85. The summed E-state index contributed by atoms with van der Waals surface area (Å²) < 4.78 is 5.73. The number of nitrogens with one attached hydrogen (secondary N) is 1. The molecule has 0 amide bonds. The van der Waals surface area contributed by atoms with Gasteiger partial charge in [-0.2, -0.15) is 0 Å². The Kier molecular flexibility index (Phi) is 13.0. The van der Waals surface area contributed by atoms with Crippen molar-refractivity contribution in [2.75, 3.05) is 19.7 Å². The van der Waals surface area contributed by atoms with Gasteiger partial charge in [-0.15, -0.1) is 24.8 Å². The molecule has 0 bridgehead atoms. The highest BCUT2D eigenvalue weighted by Crippen LogP contribution is 2.36. The van der Waals surface area contributed by atoms with Gasteiger partial charge in [-0.25, -0.2) is 5.01 Å². The molecule has 0 fully saturated rings. The summed E-state index contributed by atoms with van der Waals surface area (Å²) >= 11 is 0. The van der Waals surface area contributed by atoms with Crippen molar-refractivity contribution in [3.05, 3.63) is 57.6 Å². The number of hydrogen-bond donors (Lipinski definition) is 3. The van der Waals surface area contributed by atoms with E-state index in [0.717, 1.165) is 43.4 Å². The number of nitro groups is 1. The van der Waals surface area contributed by atoms with E-state index in [9.17, 15) is 20.3 Å². The predicted octanol–water partition coefficient (Wildman–Crippen LogP) is 5.17. The average Bonchev–Trinajstić information content (AvgIpc) is 2.80. The Morgan fingerprint density at radius 3 is 2.53 bits per heavy atom. The molecular weight excluding hydrogens is 481 g/mol. The van der Waals surface area contributed by atoms with Gasteiger partial charge in [-0.1, -0.05) is 32.3 Å². The molecule has 1 unspecified atom stereocenters. The molecule has 190 valence electrons. The molecule has 1 aliphatic carbocycles. The molecule has 1 atom stereocenters. The van der Waals surface area contributed by atoms with Crippen LogP contribution in [0, 0.1) is 10.1 Å². The van der Waals surface area contributed by atoms with Crippen LogP contribution in [0.25, 0.3) is 0 Å². The number of benzene rings is 2. The van der Waals surface area contributed by atoms with Crippen molar-refractivity contribution in [2.45, 2.75) is 57.9 Å². The summed E-state index contributed by atoms with van der Waals surface area (Å²) in [5, 5.41) is 33.0. The van der Waals surface area contributed by atoms with Gasteiger partial charge in [-0.05, 0) is 49.4 Å². The van der Waals surface area contributed by atoms with Crippen molar-refractivity contribution >= 4 is 30.5 Å². The monoisotopic (exact) mass is 515 g/mol. The van der Waals surface area contributed by atoms with E-state index in [1.54, 1.807) is 18.2 Å². The summed E-state index contributed by atoms with van der Waals surface area (Å²) in [7, 11) is 0. The molecule has 0 aromatic heterocycles. The number of ether oxygens (including phenoxy) is 1. The number of hydrogen-bond acceptors (Lipinski definition) is 7. The number of nitrogens with zero attached hydrogens (tertiary/aromatic N) is 2. The Bertz CT molecular complexity index is 899. The molecule has 1 aliphatic rings. The van der Waals surface area contributed by atoms with E-state index in [1.165, 1.54) is 31.4 Å². The van der Waals surface area contributed by atoms with Gasteiger partial charge in [0, 0.05) is 36.8 Å². The molecule has 0 saturated heterocycles. The highest BCUT2D eigenvalue weighted by Gasteiger charge is 2.26. The first-order chi connectivity index (χ1) is 15.5. The summed E-state index contributed by atoms with van der Waals surface area (Å²) in [4.78, 5) is 10.3. The minimum Gasteiger partial charge on any atom is -0.504 e. The van der Waals surface area contributed by atoms with Crippen molar-refractivity contribution in [3.8, 4) is 17.2 Å². The molecular formula is C24H35Cl2N3O5. The van der Waals surface area contributed by atoms with Crippen LogP contribution in [0.1, 0.15) is 50.2 Å². The van der Waals surface area contributed by atoms with Crippen LogP contribution in [0.3, 0.4) is 0 Å². The predicted molar refractivity (Wildman–Crippen MR) is 138 cm³/mol. The van der Waals surface area contributed by atoms with Crippen LogP contribution in [-0.2, 0) is 12.8 Å². The van der Waals surface area contributed by atoms with Crippen molar-refractivity contribution in [1.82, 2.24) is 10.4 Å². The van der Waals surface area contributed by atoms with Gasteiger partial charge in [0.1, 0.15) is 12.4 Å². The SMILES string of the molecule is CCCCCCN(NCCOc1ccc([N+](=O)[O-])cc1)C1CCc2c(ccc(O)c2O)C1.Cl.Cl. The fourth-order valence-electron chi connectivity index (χ4n) is 4.19. The molecule has 0 spiro atoms. The molecule has 10 heteroatoms. The molecule has 0 aliphatic heterocycles. The van der Waals surface area contributed by atoms with Gasteiger partial charge in [0.25, 0.3) is 5.69 Å². The number of halogens is 2. The van der Waals surface area contributed by atoms with Gasteiger partial charge >= 0.3 is 0 Å². The summed E-state index contributed by atoms with van der Waals surface area (Å²) in [5.74, 6) is 0.564. The lowest BCUT2D eigenvalue weighted by Crippen LogP contribution is -2.49. The van der Waals surface area contributed by atoms with Gasteiger partial charge in [0.15, 0.2) is 11.5 Å². The van der Waals surface area contributed by atoms with Crippen LogP contribution >= 0.6 is 24.8 Å². The Morgan fingerprint density at radius 1 is 1.12 bits per heavy atom. The molecule has 3 N–H and O–H groups in total. The number of phenols is 2. The van der Waals surface area contributed by atoms with Gasteiger partial charge in [-0.3, -0.25) is 15.5 Å². The lowest BCUT2D eigenvalue weighted by Gasteiger charge is -2.36. The number of non-ortho nitro benzene ring substituents is 1. The van der Waals surface area contributed by atoms with Crippen molar-refractivity contribution in [1.29, 1.82) is 0 Å². The third-order valence-corrected chi connectivity index (χ3v) is 5.97. The number of fused-ring (bicyclic) bond motifs is 1. The van der Waals surface area contributed by atoms with E-state index in [4.69, 9.17) is 4.74 Å². The van der Waals surface area contributed by atoms with E-state index in [-0.39, 0.29) is 42.0 Å². The van der Waals surface area contributed by atoms with Crippen molar-refractivity contribution < 1.29 is 19.9 Å². The average molecular weight is 516 g/mol. The number of nitro benzene ring substituents is 1. The van der Waals surface area contributed by atoms with E-state index in [0.29, 0.717) is 24.9 Å². The van der Waals surface area contributed by atoms with Crippen molar-refractivity contribution in [2.24, 2.45) is 0 Å². The zero-order chi connectivity index (χ0) is 22.9. The smallest absolute Gasteiger partial charge is 0.269 e. The first kappa shape index (κ1) is 29.8. The number of phenolic OH excluding ortho intramolecular Hbond substituents is 2. The second kappa shape index (κ2) is 14.9. The van der Waals surface area contributed by atoms with Crippen LogP contribution in [0.5, 0.6) is 17.2 Å². The fraction of sp³-hybridized carbons (Fsp3) is 0.500. The molecule has 0 heterocycles. The van der Waals surface area contributed by atoms with Crippen LogP contribution in [0.15, 0.2) is 36.4 Å². The number of aromatic hydroxyl groups is 2. The number of rotatable bonds is 12. The summed E-state index contributed by atoms with van der Waals surface area (Å²) in [6.07, 6.45) is 7.14. The molecule has 2 aromatic carbocycles. The van der Waals surface area contributed by atoms with Crippen LogP contribution in [0.2, 0.25) is 0 Å². The molecule has 34 heavy (non-hydrogen) atoms. The minimum atomic E-state index is -0.425. The van der Waals surface area contributed by atoms with E-state index >= 15 is 0 Å². The third-order valence-electron chi connectivity index (χ3n) is 5.97. The minimum absolute atomic E-state index is 0. The zero-order valence-corrected chi connectivity index (χ0v) is 21.1. The lowest BCUT2D eigenvalue weighted by atomic mass is 9.87. The van der Waals surface area contributed by atoms with E-state index < -0.39 is 4.92 Å². The largest absolute Gasteiger partial charge is 0.504 e. The third kappa shape index (κ3) is 8.20. The Hall–Kier alpha value is -2.26. The molecule has 0 saturated carbocycles. The number of unbranched alkanes of at least 4 members (excludes halogenated alkanes) is 3. The molecule has 0 radical (unpaired) electrons. The second-order valence-corrected chi connectivity index (χ2v) is 8.23. The topological polar surface area (TPSA) is 108 Å². The first-order valence-corrected chi connectivity index (χ1v) is 11.4. The zero-order valence-electron chi connectivity index (χ0n) is 19.4. The maximum Gasteiger partial charge on any atom is 0.269 e. The summed E-state index contributed by atoms with van der Waals surface area (Å²) in [6, 6.07) is 9.87. The maximum atomic E-state index is 10.8. The summed E-state index contributed by atoms with van der Waals surface area (Å²) in [6.45, 7) is 4.20. The highest BCUT2D eigenvalue weighted by atomic mass is 35.5. The van der Waals surface area contributed by atoms with Crippen LogP contribution < -0.4 is 10.2 Å². The van der Waals surface area contributed by atoms with Gasteiger partial charge in [0.2, 0.25) is 0 Å². The van der Waals surface area contributed by atoms with Crippen LogP contribution in [-0.4, -0.2) is 45.9 Å². The number of hydrazine groups is 1. The fourth-order valence-corrected chi connectivity index (χ4v) is 4.19. The Morgan fingerprint density at radius 2 is 1.85 bits per heavy atom. The quantitative estimate of drug-likeness (QED) is 0.155. The Balaban J connectivity index is 0.00000289. The van der Waals surface area contributed by atoms with Crippen LogP contribution in [0.4, 0.5) is 5.69 Å².